The van der Waals surface area contributed by atoms with Gasteiger partial charge in [-0.2, -0.15) is 0 Å². The minimum absolute atomic E-state index is 0.148. The highest BCUT2D eigenvalue weighted by Crippen LogP contribution is 2.48. The Kier molecular flexibility index (Phi) is 3.66. The third-order valence-corrected chi connectivity index (χ3v) is 5.36. The molecule has 1 amide bonds. The summed E-state index contributed by atoms with van der Waals surface area (Å²) in [6, 6.07) is 7.64. The van der Waals surface area contributed by atoms with Crippen LogP contribution in [0.5, 0.6) is 0 Å². The number of nitrogens with zero attached hydrogens (tertiary/aromatic N) is 1. The number of carbonyl (C=O) groups is 1. The van der Waals surface area contributed by atoms with E-state index in [-0.39, 0.29) is 5.91 Å². The van der Waals surface area contributed by atoms with Crippen LogP contribution >= 0.6 is 15.9 Å². The molecule has 2 bridgehead atoms. The zero-order chi connectivity index (χ0) is 13.4. The maximum atomic E-state index is 12.4. The number of rotatable bonds is 3. The van der Waals surface area contributed by atoms with Crippen LogP contribution in [-0.2, 0) is 0 Å². The van der Waals surface area contributed by atoms with Gasteiger partial charge in [0, 0.05) is 23.6 Å². The summed E-state index contributed by atoms with van der Waals surface area (Å²) < 4.78 is 1.01. The van der Waals surface area contributed by atoms with E-state index in [1.165, 1.54) is 25.7 Å². The second-order valence-electron chi connectivity index (χ2n) is 6.13. The number of amides is 1. The third-order valence-electron chi connectivity index (χ3n) is 4.83. The Labute approximate surface area is 123 Å². The Morgan fingerprint density at radius 2 is 2.00 bits per heavy atom. The van der Waals surface area contributed by atoms with Crippen molar-refractivity contribution in [3.8, 4) is 0 Å². The van der Waals surface area contributed by atoms with Crippen LogP contribution in [-0.4, -0.2) is 24.4 Å². The van der Waals surface area contributed by atoms with Crippen molar-refractivity contribution in [2.75, 3.05) is 13.6 Å². The van der Waals surface area contributed by atoms with Crippen LogP contribution in [0.25, 0.3) is 0 Å². The van der Waals surface area contributed by atoms with Crippen LogP contribution in [0.3, 0.4) is 0 Å². The van der Waals surface area contributed by atoms with Gasteiger partial charge >= 0.3 is 0 Å². The molecule has 3 atom stereocenters. The van der Waals surface area contributed by atoms with Gasteiger partial charge in [0.1, 0.15) is 0 Å². The Bertz CT molecular complexity index is 470. The van der Waals surface area contributed by atoms with Gasteiger partial charge in [0.25, 0.3) is 5.91 Å². The summed E-state index contributed by atoms with van der Waals surface area (Å²) >= 11 is 3.40. The van der Waals surface area contributed by atoms with Crippen molar-refractivity contribution < 1.29 is 4.79 Å². The van der Waals surface area contributed by atoms with Crippen molar-refractivity contribution in [1.29, 1.82) is 0 Å². The van der Waals surface area contributed by atoms with Gasteiger partial charge in [-0.05, 0) is 61.3 Å². The van der Waals surface area contributed by atoms with Gasteiger partial charge in [0.05, 0.1) is 0 Å². The lowest BCUT2D eigenvalue weighted by Gasteiger charge is -2.27. The molecule has 2 aliphatic rings. The number of halogens is 1. The van der Waals surface area contributed by atoms with Crippen molar-refractivity contribution in [3.05, 3.63) is 34.3 Å². The van der Waals surface area contributed by atoms with Crippen LogP contribution in [0, 0.1) is 17.8 Å². The molecule has 0 radical (unpaired) electrons. The van der Waals surface area contributed by atoms with Gasteiger partial charge < -0.3 is 4.90 Å². The van der Waals surface area contributed by atoms with Gasteiger partial charge in [-0.25, -0.2) is 0 Å². The molecular formula is C16H20BrNO. The fraction of sp³-hybridized carbons (Fsp3) is 0.562. The molecule has 2 nitrogen and oxygen atoms in total. The molecule has 3 unspecified atom stereocenters. The molecule has 0 saturated heterocycles. The second-order valence-corrected chi connectivity index (χ2v) is 7.04. The van der Waals surface area contributed by atoms with Gasteiger partial charge in [-0.3, -0.25) is 4.79 Å². The van der Waals surface area contributed by atoms with Crippen molar-refractivity contribution in [3.63, 3.8) is 0 Å². The van der Waals surface area contributed by atoms with Crippen LogP contribution < -0.4 is 0 Å². The van der Waals surface area contributed by atoms with Crippen LogP contribution in [0.2, 0.25) is 0 Å². The molecule has 2 saturated carbocycles. The zero-order valence-electron chi connectivity index (χ0n) is 11.3. The van der Waals surface area contributed by atoms with Gasteiger partial charge in [0.2, 0.25) is 0 Å². The summed E-state index contributed by atoms with van der Waals surface area (Å²) in [6.07, 6.45) is 5.55. The normalized spacial score (nSPS) is 28.6. The fourth-order valence-corrected chi connectivity index (χ4v) is 4.11. The van der Waals surface area contributed by atoms with Gasteiger partial charge in [-0.1, -0.05) is 22.4 Å². The molecule has 0 N–H and O–H groups in total. The zero-order valence-corrected chi connectivity index (χ0v) is 12.9. The first-order valence-corrected chi connectivity index (χ1v) is 7.94. The van der Waals surface area contributed by atoms with Crippen molar-refractivity contribution >= 4 is 21.8 Å². The predicted octanol–water partition coefficient (Wildman–Crippen LogP) is 3.96. The summed E-state index contributed by atoms with van der Waals surface area (Å²) in [6.45, 7) is 0.927. The molecule has 0 aromatic heterocycles. The summed E-state index contributed by atoms with van der Waals surface area (Å²) in [5, 5.41) is 0. The summed E-state index contributed by atoms with van der Waals surface area (Å²) in [5.41, 5.74) is 0.786. The monoisotopic (exact) mass is 321 g/mol. The Morgan fingerprint density at radius 1 is 1.26 bits per heavy atom. The predicted molar refractivity (Wildman–Crippen MR) is 80.0 cm³/mol. The summed E-state index contributed by atoms with van der Waals surface area (Å²) in [5.74, 6) is 2.72. The minimum Gasteiger partial charge on any atom is -0.341 e. The SMILES string of the molecule is CN(CC1CC2CCC1C2)C(=O)c1ccc(Br)cc1. The Hall–Kier alpha value is -0.830. The van der Waals surface area contributed by atoms with Crippen molar-refractivity contribution in [2.24, 2.45) is 17.8 Å². The van der Waals surface area contributed by atoms with Crippen molar-refractivity contribution in [1.82, 2.24) is 4.90 Å². The topological polar surface area (TPSA) is 20.3 Å². The van der Waals surface area contributed by atoms with E-state index in [1.54, 1.807) is 0 Å². The van der Waals surface area contributed by atoms with Crippen molar-refractivity contribution in [2.45, 2.75) is 25.7 Å². The summed E-state index contributed by atoms with van der Waals surface area (Å²) in [7, 11) is 1.94. The average Bonchev–Trinajstić information content (AvgIpc) is 3.01. The molecule has 0 heterocycles. The third kappa shape index (κ3) is 2.71. The smallest absolute Gasteiger partial charge is 0.253 e. The Balaban J connectivity index is 1.62. The first-order valence-electron chi connectivity index (χ1n) is 7.14. The number of benzene rings is 1. The summed E-state index contributed by atoms with van der Waals surface area (Å²) in [4.78, 5) is 14.3. The molecule has 102 valence electrons. The number of hydrogen-bond acceptors (Lipinski definition) is 1. The quantitative estimate of drug-likeness (QED) is 0.825. The van der Waals surface area contributed by atoms with E-state index >= 15 is 0 Å². The lowest BCUT2D eigenvalue weighted by molar-refractivity contribution is 0.0754. The van der Waals surface area contributed by atoms with Gasteiger partial charge in [-0.15, -0.1) is 0 Å². The highest BCUT2D eigenvalue weighted by Gasteiger charge is 2.40. The largest absolute Gasteiger partial charge is 0.341 e. The first-order chi connectivity index (χ1) is 9.13. The van der Waals surface area contributed by atoms with E-state index in [9.17, 15) is 4.79 Å². The van der Waals surface area contributed by atoms with Gasteiger partial charge in [0.15, 0.2) is 0 Å². The molecule has 0 spiro atoms. The van der Waals surface area contributed by atoms with Crippen LogP contribution in [0.4, 0.5) is 0 Å². The average molecular weight is 322 g/mol. The highest BCUT2D eigenvalue weighted by molar-refractivity contribution is 9.10. The standard InChI is InChI=1S/C16H20BrNO/c1-18(10-14-9-11-2-3-13(14)8-11)16(19)12-4-6-15(17)7-5-12/h4-7,11,13-14H,2-3,8-10H2,1H3. The molecule has 2 fully saturated rings. The van der Waals surface area contributed by atoms with E-state index in [0.717, 1.165) is 34.3 Å². The van der Waals surface area contributed by atoms with E-state index in [1.807, 2.05) is 36.2 Å². The molecule has 2 aliphatic carbocycles. The van der Waals surface area contributed by atoms with Crippen LogP contribution in [0.1, 0.15) is 36.0 Å². The number of fused-ring (bicyclic) bond motifs is 2. The maximum Gasteiger partial charge on any atom is 0.253 e. The maximum absolute atomic E-state index is 12.4. The molecule has 3 rings (SSSR count). The lowest BCUT2D eigenvalue weighted by atomic mass is 9.88. The molecule has 1 aromatic rings. The Morgan fingerprint density at radius 3 is 2.58 bits per heavy atom. The highest BCUT2D eigenvalue weighted by atomic mass is 79.9. The molecular weight excluding hydrogens is 302 g/mol. The van der Waals surface area contributed by atoms with Crippen LogP contribution in [0.15, 0.2) is 28.7 Å². The minimum atomic E-state index is 0.148. The molecule has 0 aliphatic heterocycles. The molecule has 1 aromatic carbocycles. The van der Waals surface area contributed by atoms with E-state index < -0.39 is 0 Å². The van der Waals surface area contributed by atoms with E-state index in [2.05, 4.69) is 15.9 Å². The van der Waals surface area contributed by atoms with E-state index in [4.69, 9.17) is 0 Å². The first kappa shape index (κ1) is 13.2. The number of carbonyl (C=O) groups excluding carboxylic acids is 1. The fourth-order valence-electron chi connectivity index (χ4n) is 3.85. The van der Waals surface area contributed by atoms with E-state index in [0.29, 0.717) is 0 Å². The molecule has 19 heavy (non-hydrogen) atoms. The second kappa shape index (κ2) is 5.28. The lowest BCUT2D eigenvalue weighted by Crippen LogP contribution is -2.33. The number of hydrogen-bond donors (Lipinski definition) is 0. The molecule has 3 heteroatoms.